The summed E-state index contributed by atoms with van der Waals surface area (Å²) in [5.74, 6) is 0.273. The number of nitrogens with two attached hydrogens (primary N) is 1. The lowest BCUT2D eigenvalue weighted by atomic mass is 10.1. The van der Waals surface area contributed by atoms with Gasteiger partial charge in [0.05, 0.1) is 18.7 Å². The first kappa shape index (κ1) is 19.2. The van der Waals surface area contributed by atoms with Crippen LogP contribution in [0.15, 0.2) is 18.2 Å². The van der Waals surface area contributed by atoms with E-state index in [0.717, 1.165) is 43.5 Å². The van der Waals surface area contributed by atoms with Crippen LogP contribution in [0.5, 0.6) is 5.75 Å². The first-order valence-electron chi connectivity index (χ1n) is 8.99. The van der Waals surface area contributed by atoms with Crippen LogP contribution in [0.25, 0.3) is 0 Å². The minimum Gasteiger partial charge on any atom is -0.495 e. The topological polar surface area (TPSA) is 84.7 Å². The molecule has 2 rings (SSSR count). The van der Waals surface area contributed by atoms with Crippen molar-refractivity contribution in [1.29, 1.82) is 0 Å². The highest BCUT2D eigenvalue weighted by molar-refractivity contribution is 6.01. The largest absolute Gasteiger partial charge is 0.495 e. The molecule has 0 aromatic heterocycles. The number of ether oxygens (including phenoxy) is 1. The molecule has 3 N–H and O–H groups in total. The van der Waals surface area contributed by atoms with Crippen molar-refractivity contribution in [2.45, 2.75) is 39.0 Å². The maximum absolute atomic E-state index is 12.4. The van der Waals surface area contributed by atoms with Crippen LogP contribution in [0.2, 0.25) is 0 Å². The van der Waals surface area contributed by atoms with Gasteiger partial charge >= 0.3 is 0 Å². The molecule has 2 amide bonds. The van der Waals surface area contributed by atoms with Crippen LogP contribution in [-0.4, -0.2) is 38.6 Å². The summed E-state index contributed by atoms with van der Waals surface area (Å²) in [7, 11) is 1.59. The molecule has 1 atom stereocenters. The Morgan fingerprint density at radius 1 is 1.32 bits per heavy atom. The van der Waals surface area contributed by atoms with E-state index in [9.17, 15) is 9.59 Å². The summed E-state index contributed by atoms with van der Waals surface area (Å²) in [5, 5.41) is 2.95. The van der Waals surface area contributed by atoms with Crippen molar-refractivity contribution >= 4 is 17.5 Å². The highest BCUT2D eigenvalue weighted by Gasteiger charge is 2.36. The zero-order valence-electron chi connectivity index (χ0n) is 15.2. The predicted octanol–water partition coefficient (Wildman–Crippen LogP) is 1.99. The van der Waals surface area contributed by atoms with Crippen LogP contribution in [0.1, 0.15) is 37.7 Å². The Labute approximate surface area is 149 Å². The van der Waals surface area contributed by atoms with Gasteiger partial charge < -0.3 is 20.7 Å². The Kier molecular flexibility index (Phi) is 7.25. The van der Waals surface area contributed by atoms with E-state index in [-0.39, 0.29) is 24.2 Å². The summed E-state index contributed by atoms with van der Waals surface area (Å²) < 4.78 is 5.37. The number of hydrogen-bond acceptors (Lipinski definition) is 4. The maximum atomic E-state index is 12.4. The van der Waals surface area contributed by atoms with E-state index >= 15 is 0 Å². The molecule has 1 aliphatic heterocycles. The minimum absolute atomic E-state index is 0.0352. The van der Waals surface area contributed by atoms with Crippen molar-refractivity contribution in [2.75, 3.05) is 31.6 Å². The predicted molar refractivity (Wildman–Crippen MR) is 98.7 cm³/mol. The van der Waals surface area contributed by atoms with E-state index in [1.165, 1.54) is 0 Å². The first-order valence-corrected chi connectivity index (χ1v) is 8.99. The second kappa shape index (κ2) is 9.42. The number of nitrogens with zero attached hydrogens (tertiary/aromatic N) is 1. The molecule has 6 nitrogen and oxygen atoms in total. The Bertz CT molecular complexity index is 604. The molecular formula is C19H29N3O3. The molecule has 138 valence electrons. The second-order valence-corrected chi connectivity index (χ2v) is 6.57. The number of aryl methyl sites for hydroxylation is 1. The smallest absolute Gasteiger partial charge is 0.227 e. The van der Waals surface area contributed by atoms with Crippen LogP contribution in [0.3, 0.4) is 0 Å². The fourth-order valence-electron chi connectivity index (χ4n) is 3.11. The van der Waals surface area contributed by atoms with E-state index in [0.29, 0.717) is 18.8 Å². The van der Waals surface area contributed by atoms with Crippen molar-refractivity contribution in [1.82, 2.24) is 5.32 Å². The third kappa shape index (κ3) is 5.19. The monoisotopic (exact) mass is 347 g/mol. The number of rotatable bonds is 9. The highest BCUT2D eigenvalue weighted by atomic mass is 16.5. The number of anilines is 1. The molecular weight excluding hydrogens is 318 g/mol. The Morgan fingerprint density at radius 3 is 2.80 bits per heavy atom. The van der Waals surface area contributed by atoms with Gasteiger partial charge in [0.2, 0.25) is 11.8 Å². The Morgan fingerprint density at radius 2 is 2.08 bits per heavy atom. The number of methoxy groups -OCH3 is 1. The van der Waals surface area contributed by atoms with Gasteiger partial charge in [-0.1, -0.05) is 18.9 Å². The summed E-state index contributed by atoms with van der Waals surface area (Å²) in [6.07, 6.45) is 4.37. The molecule has 1 heterocycles. The molecule has 0 spiro atoms. The van der Waals surface area contributed by atoms with Crippen LogP contribution >= 0.6 is 0 Å². The highest BCUT2D eigenvalue weighted by Crippen LogP contribution is 2.33. The molecule has 1 unspecified atom stereocenters. The molecule has 6 heteroatoms. The van der Waals surface area contributed by atoms with Gasteiger partial charge in [-0.05, 0) is 44.0 Å². The molecule has 1 aromatic carbocycles. The lowest BCUT2D eigenvalue weighted by molar-refractivity contribution is -0.126. The van der Waals surface area contributed by atoms with Gasteiger partial charge in [-0.25, -0.2) is 0 Å². The lowest BCUT2D eigenvalue weighted by Gasteiger charge is -2.20. The zero-order valence-corrected chi connectivity index (χ0v) is 15.2. The second-order valence-electron chi connectivity index (χ2n) is 6.57. The number of carbonyl (C=O) groups excluding carboxylic acids is 2. The summed E-state index contributed by atoms with van der Waals surface area (Å²) in [6, 6.07) is 5.72. The first-order chi connectivity index (χ1) is 12.1. The lowest BCUT2D eigenvalue weighted by Crippen LogP contribution is -2.33. The van der Waals surface area contributed by atoms with Crippen LogP contribution < -0.4 is 20.7 Å². The molecule has 0 radical (unpaired) electrons. The number of benzene rings is 1. The van der Waals surface area contributed by atoms with Gasteiger partial charge in [-0.15, -0.1) is 0 Å². The van der Waals surface area contributed by atoms with Crippen LogP contribution in [0, 0.1) is 12.8 Å². The van der Waals surface area contributed by atoms with Gasteiger partial charge in [-0.3, -0.25) is 9.59 Å². The number of nitrogens with one attached hydrogen (secondary N) is 1. The van der Waals surface area contributed by atoms with E-state index in [4.69, 9.17) is 10.5 Å². The molecule has 1 fully saturated rings. The number of unbranched alkanes of at least 4 members (excludes halogenated alkanes) is 3. The third-order valence-corrected chi connectivity index (χ3v) is 4.55. The molecule has 0 bridgehead atoms. The molecule has 0 aliphatic carbocycles. The summed E-state index contributed by atoms with van der Waals surface area (Å²) in [4.78, 5) is 26.4. The van der Waals surface area contributed by atoms with Crippen molar-refractivity contribution in [3.63, 3.8) is 0 Å². The molecule has 1 aromatic rings. The van der Waals surface area contributed by atoms with Gasteiger partial charge in [-0.2, -0.15) is 0 Å². The van der Waals surface area contributed by atoms with Crippen molar-refractivity contribution in [2.24, 2.45) is 11.7 Å². The SMILES string of the molecule is COc1ccc(C)cc1N1CC(C(=O)NCCCCCCN)CC1=O. The maximum Gasteiger partial charge on any atom is 0.227 e. The van der Waals surface area contributed by atoms with Crippen molar-refractivity contribution in [3.8, 4) is 5.75 Å². The van der Waals surface area contributed by atoms with Crippen LogP contribution in [0.4, 0.5) is 5.69 Å². The number of hydrogen-bond donors (Lipinski definition) is 2. The Balaban J connectivity index is 1.89. The summed E-state index contributed by atoms with van der Waals surface area (Å²) >= 11 is 0. The van der Waals surface area contributed by atoms with E-state index in [1.54, 1.807) is 12.0 Å². The molecule has 25 heavy (non-hydrogen) atoms. The minimum atomic E-state index is -0.304. The molecule has 1 saturated heterocycles. The fourth-order valence-corrected chi connectivity index (χ4v) is 3.11. The van der Waals surface area contributed by atoms with Gasteiger partial charge in [0, 0.05) is 19.5 Å². The van der Waals surface area contributed by atoms with E-state index in [1.807, 2.05) is 25.1 Å². The van der Waals surface area contributed by atoms with Crippen molar-refractivity contribution < 1.29 is 14.3 Å². The molecule has 1 aliphatic rings. The Hall–Kier alpha value is -2.08. The zero-order chi connectivity index (χ0) is 18.2. The van der Waals surface area contributed by atoms with Gasteiger partial charge in [0.1, 0.15) is 5.75 Å². The quantitative estimate of drug-likeness (QED) is 0.669. The standard InChI is InChI=1S/C19H29N3O3/c1-14-7-8-17(25-2)16(11-14)22-13-15(12-18(22)23)19(24)21-10-6-4-3-5-9-20/h7-8,11,15H,3-6,9-10,12-13,20H2,1-2H3,(H,21,24). The van der Waals surface area contributed by atoms with E-state index in [2.05, 4.69) is 5.32 Å². The van der Waals surface area contributed by atoms with Gasteiger partial charge in [0.25, 0.3) is 0 Å². The van der Waals surface area contributed by atoms with Crippen LogP contribution in [-0.2, 0) is 9.59 Å². The number of amides is 2. The average molecular weight is 347 g/mol. The van der Waals surface area contributed by atoms with Crippen molar-refractivity contribution in [3.05, 3.63) is 23.8 Å². The average Bonchev–Trinajstić information content (AvgIpc) is 2.99. The van der Waals surface area contributed by atoms with Gasteiger partial charge in [0.15, 0.2) is 0 Å². The summed E-state index contributed by atoms with van der Waals surface area (Å²) in [5.41, 5.74) is 7.25. The molecule has 0 saturated carbocycles. The normalized spacial score (nSPS) is 17.0. The third-order valence-electron chi connectivity index (χ3n) is 4.55. The number of carbonyl (C=O) groups is 2. The fraction of sp³-hybridized carbons (Fsp3) is 0.579. The summed E-state index contributed by atoms with van der Waals surface area (Å²) in [6.45, 7) is 3.74. The van der Waals surface area contributed by atoms with E-state index < -0.39 is 0 Å².